The van der Waals surface area contributed by atoms with Crippen LogP contribution in [0.1, 0.15) is 46.2 Å². The molecule has 6 heteroatoms. The maximum absolute atomic E-state index is 12.4. The molecule has 1 heterocycles. The standard InChI is InChI=1S/C15H29N3O2S/c1-5-8-18-12-15(9-14(18)11-16-7-3)21(19,20)17-10-13(4)6-2/h9,12-13,16-17H,5-8,10-11H2,1-4H3. The Bertz CT molecular complexity index is 523. The number of nitrogens with zero attached hydrogens (tertiary/aromatic N) is 1. The summed E-state index contributed by atoms with van der Waals surface area (Å²) in [5, 5.41) is 3.25. The van der Waals surface area contributed by atoms with Gasteiger partial charge >= 0.3 is 0 Å². The molecule has 0 aliphatic heterocycles. The van der Waals surface area contributed by atoms with Crippen molar-refractivity contribution in [3.05, 3.63) is 18.0 Å². The third-order valence-electron chi connectivity index (χ3n) is 3.61. The maximum atomic E-state index is 12.4. The van der Waals surface area contributed by atoms with Gasteiger partial charge < -0.3 is 9.88 Å². The summed E-state index contributed by atoms with van der Waals surface area (Å²) in [5.41, 5.74) is 1.02. The number of nitrogens with one attached hydrogen (secondary N) is 2. The average Bonchev–Trinajstić information content (AvgIpc) is 2.87. The molecule has 0 saturated heterocycles. The van der Waals surface area contributed by atoms with Crippen LogP contribution in [0.25, 0.3) is 0 Å². The van der Waals surface area contributed by atoms with Crippen LogP contribution in [0.15, 0.2) is 17.2 Å². The average molecular weight is 315 g/mol. The van der Waals surface area contributed by atoms with Crippen molar-refractivity contribution in [3.8, 4) is 0 Å². The van der Waals surface area contributed by atoms with Crippen LogP contribution in [0.5, 0.6) is 0 Å². The summed E-state index contributed by atoms with van der Waals surface area (Å²) in [7, 11) is -3.41. The Labute approximate surface area is 129 Å². The Morgan fingerprint density at radius 3 is 2.57 bits per heavy atom. The van der Waals surface area contributed by atoms with E-state index in [4.69, 9.17) is 0 Å². The van der Waals surface area contributed by atoms with Gasteiger partial charge in [-0.15, -0.1) is 0 Å². The van der Waals surface area contributed by atoms with Crippen LogP contribution in [-0.2, 0) is 23.1 Å². The van der Waals surface area contributed by atoms with Crippen molar-refractivity contribution in [2.75, 3.05) is 13.1 Å². The minimum atomic E-state index is -3.41. The van der Waals surface area contributed by atoms with Crippen molar-refractivity contribution in [1.29, 1.82) is 0 Å². The van der Waals surface area contributed by atoms with Crippen molar-refractivity contribution in [1.82, 2.24) is 14.6 Å². The molecule has 5 nitrogen and oxygen atoms in total. The quantitative estimate of drug-likeness (QED) is 0.696. The van der Waals surface area contributed by atoms with Crippen LogP contribution >= 0.6 is 0 Å². The molecule has 1 atom stereocenters. The second kappa shape index (κ2) is 8.56. The molecule has 0 aliphatic rings. The molecule has 0 fully saturated rings. The van der Waals surface area contributed by atoms with Crippen LogP contribution in [0, 0.1) is 5.92 Å². The van der Waals surface area contributed by atoms with Crippen LogP contribution < -0.4 is 10.0 Å². The highest BCUT2D eigenvalue weighted by Gasteiger charge is 2.18. The van der Waals surface area contributed by atoms with Gasteiger partial charge in [0.15, 0.2) is 0 Å². The van der Waals surface area contributed by atoms with E-state index in [0.717, 1.165) is 31.6 Å². The summed E-state index contributed by atoms with van der Waals surface area (Å²) in [4.78, 5) is 0.368. The summed E-state index contributed by atoms with van der Waals surface area (Å²) in [6, 6.07) is 1.78. The maximum Gasteiger partial charge on any atom is 0.242 e. The fraction of sp³-hybridized carbons (Fsp3) is 0.733. The lowest BCUT2D eigenvalue weighted by atomic mass is 10.1. The Kier molecular flexibility index (Phi) is 7.42. The van der Waals surface area contributed by atoms with Gasteiger partial charge in [0, 0.05) is 31.5 Å². The van der Waals surface area contributed by atoms with Crippen molar-refractivity contribution < 1.29 is 8.42 Å². The highest BCUT2D eigenvalue weighted by molar-refractivity contribution is 7.89. The van der Waals surface area contributed by atoms with Gasteiger partial charge in [-0.05, 0) is 24.9 Å². The van der Waals surface area contributed by atoms with Crippen LogP contribution in [0.4, 0.5) is 0 Å². The third kappa shape index (κ3) is 5.45. The monoisotopic (exact) mass is 315 g/mol. The van der Waals surface area contributed by atoms with E-state index >= 15 is 0 Å². The molecule has 0 spiro atoms. The van der Waals surface area contributed by atoms with Gasteiger partial charge in [0.05, 0.1) is 4.90 Å². The molecule has 1 unspecified atom stereocenters. The molecule has 0 radical (unpaired) electrons. The Balaban J connectivity index is 2.90. The lowest BCUT2D eigenvalue weighted by Gasteiger charge is -2.09. The van der Waals surface area contributed by atoms with E-state index < -0.39 is 10.0 Å². The van der Waals surface area contributed by atoms with Gasteiger partial charge in [0.25, 0.3) is 0 Å². The summed E-state index contributed by atoms with van der Waals surface area (Å²) < 4.78 is 29.4. The predicted octanol–water partition coefficient (Wildman–Crippen LogP) is 2.33. The Hall–Kier alpha value is -0.850. The number of aryl methyl sites for hydroxylation is 1. The van der Waals surface area contributed by atoms with E-state index in [0.29, 0.717) is 23.9 Å². The zero-order valence-corrected chi connectivity index (χ0v) is 14.5. The molecular formula is C15H29N3O2S. The molecule has 0 amide bonds. The van der Waals surface area contributed by atoms with Gasteiger partial charge in [-0.1, -0.05) is 34.1 Å². The van der Waals surface area contributed by atoms with Gasteiger partial charge in [0.1, 0.15) is 0 Å². The topological polar surface area (TPSA) is 63.1 Å². The van der Waals surface area contributed by atoms with Crippen LogP contribution in [0.2, 0.25) is 0 Å². The van der Waals surface area contributed by atoms with Gasteiger partial charge in [-0.25, -0.2) is 13.1 Å². The minimum absolute atomic E-state index is 0.346. The Morgan fingerprint density at radius 2 is 2.00 bits per heavy atom. The van der Waals surface area contributed by atoms with Crippen molar-refractivity contribution in [2.24, 2.45) is 5.92 Å². The molecule has 1 aromatic heterocycles. The smallest absolute Gasteiger partial charge is 0.242 e. The molecule has 0 bridgehead atoms. The largest absolute Gasteiger partial charge is 0.349 e. The second-order valence-corrected chi connectivity index (χ2v) is 7.27. The van der Waals surface area contributed by atoms with E-state index in [-0.39, 0.29) is 0 Å². The molecule has 21 heavy (non-hydrogen) atoms. The summed E-state index contributed by atoms with van der Waals surface area (Å²) in [6.07, 6.45) is 3.69. The highest BCUT2D eigenvalue weighted by atomic mass is 32.2. The van der Waals surface area contributed by atoms with Crippen LogP contribution in [-0.4, -0.2) is 26.1 Å². The number of aromatic nitrogens is 1. The number of hydrogen-bond acceptors (Lipinski definition) is 3. The zero-order valence-electron chi connectivity index (χ0n) is 13.6. The van der Waals surface area contributed by atoms with E-state index in [9.17, 15) is 8.42 Å². The zero-order chi connectivity index (χ0) is 15.9. The van der Waals surface area contributed by atoms with E-state index in [1.54, 1.807) is 12.3 Å². The first-order chi connectivity index (χ1) is 9.94. The molecule has 0 aromatic carbocycles. The predicted molar refractivity (Wildman–Crippen MR) is 86.7 cm³/mol. The second-order valence-electron chi connectivity index (χ2n) is 5.51. The summed E-state index contributed by atoms with van der Waals surface area (Å²) in [5.74, 6) is 0.346. The molecular weight excluding hydrogens is 286 g/mol. The van der Waals surface area contributed by atoms with Crippen molar-refractivity contribution in [2.45, 2.75) is 58.5 Å². The molecule has 2 N–H and O–H groups in total. The Morgan fingerprint density at radius 1 is 1.29 bits per heavy atom. The van der Waals surface area contributed by atoms with Gasteiger partial charge in [-0.3, -0.25) is 0 Å². The van der Waals surface area contributed by atoms with E-state index in [1.165, 1.54) is 0 Å². The lowest BCUT2D eigenvalue weighted by Crippen LogP contribution is -2.28. The minimum Gasteiger partial charge on any atom is -0.349 e. The SMILES string of the molecule is CCCn1cc(S(=O)(=O)NCC(C)CC)cc1CNCC. The van der Waals surface area contributed by atoms with Gasteiger partial charge in [0.2, 0.25) is 10.0 Å². The number of hydrogen-bond donors (Lipinski definition) is 2. The molecule has 1 aromatic rings. The molecule has 0 saturated carbocycles. The fourth-order valence-corrected chi connectivity index (χ4v) is 3.23. The first kappa shape index (κ1) is 18.2. The van der Waals surface area contributed by atoms with Crippen molar-refractivity contribution >= 4 is 10.0 Å². The first-order valence-corrected chi connectivity index (χ1v) is 9.32. The molecule has 122 valence electrons. The normalized spacial score (nSPS) is 13.5. The first-order valence-electron chi connectivity index (χ1n) is 7.84. The number of sulfonamides is 1. The lowest BCUT2D eigenvalue weighted by molar-refractivity contribution is 0.528. The molecule has 1 rings (SSSR count). The summed E-state index contributed by atoms with van der Waals surface area (Å²) in [6.45, 7) is 11.1. The highest BCUT2D eigenvalue weighted by Crippen LogP contribution is 2.15. The third-order valence-corrected chi connectivity index (χ3v) is 5.00. The van der Waals surface area contributed by atoms with E-state index in [2.05, 4.69) is 23.9 Å². The summed E-state index contributed by atoms with van der Waals surface area (Å²) >= 11 is 0. The van der Waals surface area contributed by atoms with E-state index in [1.807, 2.05) is 18.4 Å². The van der Waals surface area contributed by atoms with Crippen LogP contribution in [0.3, 0.4) is 0 Å². The van der Waals surface area contributed by atoms with Gasteiger partial charge in [-0.2, -0.15) is 0 Å². The fourth-order valence-electron chi connectivity index (χ4n) is 2.00. The molecule has 0 aliphatic carbocycles. The number of rotatable bonds is 10. The van der Waals surface area contributed by atoms with Crippen molar-refractivity contribution in [3.63, 3.8) is 0 Å².